The van der Waals surface area contributed by atoms with Crippen molar-refractivity contribution >= 4 is 12.2 Å². The molecule has 3 heterocycles. The van der Waals surface area contributed by atoms with Gasteiger partial charge in [0.25, 0.3) is 5.56 Å². The molecule has 0 aromatic carbocycles. The number of hydrogen-bond acceptors (Lipinski definition) is 4. The first kappa shape index (κ1) is 14.2. The summed E-state index contributed by atoms with van der Waals surface area (Å²) in [6.45, 7) is 4.52. The van der Waals surface area contributed by atoms with Crippen LogP contribution in [0.25, 0.3) is 11.4 Å². The van der Waals surface area contributed by atoms with Gasteiger partial charge < -0.3 is 14.0 Å². The van der Waals surface area contributed by atoms with Crippen LogP contribution in [-0.2, 0) is 26.6 Å². The van der Waals surface area contributed by atoms with E-state index in [9.17, 15) is 4.79 Å². The summed E-state index contributed by atoms with van der Waals surface area (Å²) in [5.41, 5.74) is 2.98. The Labute approximate surface area is 128 Å². The van der Waals surface area contributed by atoms with E-state index in [1.165, 1.54) is 5.56 Å². The molecule has 0 aliphatic carbocycles. The fraction of sp³-hybridized carbons (Fsp3) is 0.500. The van der Waals surface area contributed by atoms with Gasteiger partial charge in [-0.15, -0.1) is 0 Å². The Bertz CT molecular complexity index is 801. The zero-order valence-corrected chi connectivity index (χ0v) is 13.3. The highest BCUT2D eigenvalue weighted by molar-refractivity contribution is 7.71. The molecule has 0 bridgehead atoms. The summed E-state index contributed by atoms with van der Waals surface area (Å²) in [7, 11) is 3.92. The van der Waals surface area contributed by atoms with Crippen molar-refractivity contribution in [2.45, 2.75) is 26.4 Å². The zero-order chi connectivity index (χ0) is 15.1. The summed E-state index contributed by atoms with van der Waals surface area (Å²) in [6, 6.07) is 1.98. The molecular weight excluding hydrogens is 286 g/mol. The lowest BCUT2D eigenvalue weighted by Gasteiger charge is -2.27. The second-order valence-corrected chi connectivity index (χ2v) is 5.87. The third-order valence-electron chi connectivity index (χ3n) is 4.10. The molecule has 2 aromatic rings. The maximum absolute atomic E-state index is 12.8. The van der Waals surface area contributed by atoms with Crippen LogP contribution < -0.4 is 5.56 Å². The summed E-state index contributed by atoms with van der Waals surface area (Å²) in [4.78, 5) is 15.0. The van der Waals surface area contributed by atoms with Gasteiger partial charge in [-0.05, 0) is 37.8 Å². The van der Waals surface area contributed by atoms with E-state index < -0.39 is 0 Å². The summed E-state index contributed by atoms with van der Waals surface area (Å²) in [5.74, 6) is 0.600. The number of rotatable bonds is 2. The number of H-pyrrole nitrogens is 1. The van der Waals surface area contributed by atoms with Crippen LogP contribution >= 0.6 is 12.2 Å². The highest BCUT2D eigenvalue weighted by Gasteiger charge is 2.21. The standard InChI is InChI=1S/C14H19N5OS/c1-4-19-11-5-6-17(2)8-9(11)7-10(13(19)20)12-15-16-14(21)18(12)3/h7H,4-6,8H2,1-3H3,(H,16,21). The van der Waals surface area contributed by atoms with Gasteiger partial charge in [-0.25, -0.2) is 0 Å². The van der Waals surface area contributed by atoms with Crippen LogP contribution in [0.3, 0.4) is 0 Å². The van der Waals surface area contributed by atoms with Crippen LogP contribution in [-0.4, -0.2) is 37.8 Å². The van der Waals surface area contributed by atoms with E-state index in [0.717, 1.165) is 25.2 Å². The second-order valence-electron chi connectivity index (χ2n) is 5.48. The van der Waals surface area contributed by atoms with Crippen molar-refractivity contribution < 1.29 is 0 Å². The molecule has 0 radical (unpaired) electrons. The maximum Gasteiger partial charge on any atom is 0.261 e. The number of aromatic nitrogens is 4. The van der Waals surface area contributed by atoms with Gasteiger partial charge in [-0.3, -0.25) is 9.89 Å². The van der Waals surface area contributed by atoms with Gasteiger partial charge >= 0.3 is 0 Å². The van der Waals surface area contributed by atoms with E-state index in [1.807, 2.05) is 24.6 Å². The fourth-order valence-corrected chi connectivity index (χ4v) is 3.07. The predicted molar refractivity (Wildman–Crippen MR) is 83.8 cm³/mol. The van der Waals surface area contributed by atoms with Gasteiger partial charge in [0.1, 0.15) is 0 Å². The molecule has 0 saturated heterocycles. The molecule has 7 heteroatoms. The number of nitrogens with one attached hydrogen (secondary N) is 1. The van der Waals surface area contributed by atoms with E-state index in [4.69, 9.17) is 12.2 Å². The summed E-state index contributed by atoms with van der Waals surface area (Å²) >= 11 is 5.15. The van der Waals surface area contributed by atoms with Crippen molar-refractivity contribution in [3.05, 3.63) is 32.4 Å². The second kappa shape index (κ2) is 5.23. The quantitative estimate of drug-likeness (QED) is 0.850. The van der Waals surface area contributed by atoms with Gasteiger partial charge in [0, 0.05) is 38.8 Å². The van der Waals surface area contributed by atoms with Crippen molar-refractivity contribution in [1.82, 2.24) is 24.2 Å². The van der Waals surface area contributed by atoms with Gasteiger partial charge in [-0.1, -0.05) is 0 Å². The number of hydrogen-bond donors (Lipinski definition) is 1. The van der Waals surface area contributed by atoms with Gasteiger partial charge in [0.05, 0.1) is 5.56 Å². The minimum Gasteiger partial charge on any atom is -0.312 e. The van der Waals surface area contributed by atoms with Crippen molar-refractivity contribution in [2.75, 3.05) is 13.6 Å². The molecule has 0 unspecified atom stereocenters. The van der Waals surface area contributed by atoms with E-state index >= 15 is 0 Å². The lowest BCUT2D eigenvalue weighted by atomic mass is 10.0. The Kier molecular flexibility index (Phi) is 3.54. The molecule has 0 fully saturated rings. The average molecular weight is 305 g/mol. The van der Waals surface area contributed by atoms with Crippen LogP contribution in [0.2, 0.25) is 0 Å². The molecule has 1 aliphatic heterocycles. The Hall–Kier alpha value is -1.73. The number of fused-ring (bicyclic) bond motifs is 1. The third kappa shape index (κ3) is 2.26. The smallest absolute Gasteiger partial charge is 0.261 e. The maximum atomic E-state index is 12.8. The third-order valence-corrected chi connectivity index (χ3v) is 4.46. The van der Waals surface area contributed by atoms with Crippen LogP contribution in [0.4, 0.5) is 0 Å². The lowest BCUT2D eigenvalue weighted by Crippen LogP contribution is -2.34. The summed E-state index contributed by atoms with van der Waals surface area (Å²) in [5, 5.41) is 6.95. The molecule has 3 rings (SSSR count). The first-order valence-electron chi connectivity index (χ1n) is 7.08. The summed E-state index contributed by atoms with van der Waals surface area (Å²) < 4.78 is 4.13. The zero-order valence-electron chi connectivity index (χ0n) is 12.5. The summed E-state index contributed by atoms with van der Waals surface area (Å²) in [6.07, 6.45) is 0.911. The first-order valence-corrected chi connectivity index (χ1v) is 7.49. The van der Waals surface area contributed by atoms with Gasteiger partial charge in [0.2, 0.25) is 0 Å². The molecule has 1 N–H and O–H groups in total. The molecule has 0 amide bonds. The van der Waals surface area contributed by atoms with Crippen LogP contribution in [0.1, 0.15) is 18.2 Å². The number of pyridine rings is 1. The fourth-order valence-electron chi connectivity index (χ4n) is 2.94. The van der Waals surface area contributed by atoms with Crippen LogP contribution in [0.5, 0.6) is 0 Å². The minimum atomic E-state index is 0.0119. The Morgan fingerprint density at radius 2 is 2.19 bits per heavy atom. The Morgan fingerprint density at radius 1 is 1.43 bits per heavy atom. The largest absolute Gasteiger partial charge is 0.312 e. The molecule has 0 spiro atoms. The lowest BCUT2D eigenvalue weighted by molar-refractivity contribution is 0.304. The van der Waals surface area contributed by atoms with Crippen molar-refractivity contribution in [3.8, 4) is 11.4 Å². The van der Waals surface area contributed by atoms with Gasteiger partial charge in [-0.2, -0.15) is 5.10 Å². The van der Waals surface area contributed by atoms with E-state index in [1.54, 1.807) is 4.57 Å². The van der Waals surface area contributed by atoms with E-state index in [0.29, 0.717) is 22.7 Å². The molecule has 1 aliphatic rings. The monoisotopic (exact) mass is 305 g/mol. The predicted octanol–water partition coefficient (Wildman–Crippen LogP) is 1.31. The number of likely N-dealkylation sites (N-methyl/N-ethyl adjacent to an activating group) is 1. The van der Waals surface area contributed by atoms with Crippen molar-refractivity contribution in [1.29, 1.82) is 0 Å². The first-order chi connectivity index (χ1) is 10.0. The highest BCUT2D eigenvalue weighted by Crippen LogP contribution is 2.21. The SMILES string of the molecule is CCn1c2c(cc(-c3n[nH]c(=S)n3C)c1=O)CN(C)CC2. The van der Waals surface area contributed by atoms with Gasteiger partial charge in [0.15, 0.2) is 10.6 Å². The number of aromatic amines is 1. The van der Waals surface area contributed by atoms with Crippen molar-refractivity contribution in [2.24, 2.45) is 7.05 Å². The molecular formula is C14H19N5OS. The molecule has 112 valence electrons. The average Bonchev–Trinajstić information content (AvgIpc) is 2.79. The molecule has 2 aromatic heterocycles. The van der Waals surface area contributed by atoms with Crippen molar-refractivity contribution in [3.63, 3.8) is 0 Å². The van der Waals surface area contributed by atoms with Crippen LogP contribution in [0.15, 0.2) is 10.9 Å². The molecule has 0 saturated carbocycles. The van der Waals surface area contributed by atoms with E-state index in [2.05, 4.69) is 22.1 Å². The molecule has 21 heavy (non-hydrogen) atoms. The molecule has 6 nitrogen and oxygen atoms in total. The number of nitrogens with zero attached hydrogens (tertiary/aromatic N) is 4. The molecule has 0 atom stereocenters. The Balaban J connectivity index is 2.27. The topological polar surface area (TPSA) is 58.9 Å². The highest BCUT2D eigenvalue weighted by atomic mass is 32.1. The van der Waals surface area contributed by atoms with E-state index in [-0.39, 0.29) is 5.56 Å². The minimum absolute atomic E-state index is 0.0119. The normalized spacial score (nSPS) is 15.2. The van der Waals surface area contributed by atoms with Crippen LogP contribution in [0, 0.1) is 4.77 Å². The Morgan fingerprint density at radius 3 is 2.81 bits per heavy atom.